The number of hydrogen-bond acceptors (Lipinski definition) is 3. The van der Waals surface area contributed by atoms with E-state index in [1.165, 1.54) is 0 Å². The molecule has 1 atom stereocenters. The van der Waals surface area contributed by atoms with Gasteiger partial charge in [0.25, 0.3) is 0 Å². The molecular weight excluding hydrogens is 212 g/mol. The molecule has 2 rings (SSSR count). The molecule has 1 fully saturated rings. The first-order valence-electron chi connectivity index (χ1n) is 5.06. The van der Waals surface area contributed by atoms with Crippen molar-refractivity contribution in [2.45, 2.75) is 24.7 Å². The molecule has 1 aromatic heterocycles. The van der Waals surface area contributed by atoms with E-state index in [0.717, 1.165) is 30.1 Å². The molecule has 1 saturated heterocycles. The maximum absolute atomic E-state index is 10.9. The Morgan fingerprint density at radius 2 is 2.53 bits per heavy atom. The maximum atomic E-state index is 10.9. The van der Waals surface area contributed by atoms with E-state index in [2.05, 4.69) is 0 Å². The molecular formula is C11H14O3S. The predicted molar refractivity (Wildman–Crippen MR) is 59.2 cm³/mol. The van der Waals surface area contributed by atoms with Gasteiger partial charge in [0.15, 0.2) is 0 Å². The smallest absolute Gasteiger partial charge is 0.304 e. The quantitative estimate of drug-likeness (QED) is 0.860. The lowest BCUT2D eigenvalue weighted by Gasteiger charge is -2.33. The third-order valence-corrected chi connectivity index (χ3v) is 4.19. The Morgan fingerprint density at radius 3 is 3.07 bits per heavy atom. The van der Waals surface area contributed by atoms with Crippen LogP contribution >= 0.6 is 11.8 Å². The van der Waals surface area contributed by atoms with Gasteiger partial charge in [0.1, 0.15) is 5.76 Å². The van der Waals surface area contributed by atoms with Crippen LogP contribution in [0.15, 0.2) is 22.8 Å². The molecule has 0 radical (unpaired) electrons. The van der Waals surface area contributed by atoms with Crippen molar-refractivity contribution in [3.63, 3.8) is 0 Å². The average molecular weight is 226 g/mol. The Hall–Kier alpha value is -0.900. The molecule has 2 heterocycles. The van der Waals surface area contributed by atoms with Crippen LogP contribution in [-0.4, -0.2) is 22.6 Å². The molecule has 1 unspecified atom stereocenters. The number of carbonyl (C=O) groups is 1. The molecule has 4 heteroatoms. The fraction of sp³-hybridized carbons (Fsp3) is 0.545. The summed E-state index contributed by atoms with van der Waals surface area (Å²) < 4.78 is 5.40. The van der Waals surface area contributed by atoms with Gasteiger partial charge in [-0.3, -0.25) is 4.79 Å². The number of aliphatic carboxylic acids is 1. The molecule has 0 aromatic carbocycles. The van der Waals surface area contributed by atoms with Crippen molar-refractivity contribution in [1.82, 2.24) is 0 Å². The fourth-order valence-electron chi connectivity index (χ4n) is 2.14. The lowest BCUT2D eigenvalue weighted by molar-refractivity contribution is -0.138. The van der Waals surface area contributed by atoms with E-state index >= 15 is 0 Å². The number of carboxylic acids is 1. The molecule has 15 heavy (non-hydrogen) atoms. The van der Waals surface area contributed by atoms with Crippen LogP contribution in [0.4, 0.5) is 0 Å². The van der Waals surface area contributed by atoms with Crippen LogP contribution in [0.3, 0.4) is 0 Å². The summed E-state index contributed by atoms with van der Waals surface area (Å²) in [5.41, 5.74) is -0.280. The summed E-state index contributed by atoms with van der Waals surface area (Å²) in [6, 6.07) is 3.73. The predicted octanol–water partition coefficient (Wildman–Crippen LogP) is 2.52. The molecule has 1 aliphatic heterocycles. The Bertz CT molecular complexity index is 326. The maximum Gasteiger partial charge on any atom is 0.304 e. The first-order valence-corrected chi connectivity index (χ1v) is 6.22. The molecule has 0 bridgehead atoms. The van der Waals surface area contributed by atoms with Crippen molar-refractivity contribution in [3.05, 3.63) is 24.2 Å². The second-order valence-corrected chi connectivity index (χ2v) is 5.09. The van der Waals surface area contributed by atoms with Gasteiger partial charge in [-0.2, -0.15) is 11.8 Å². The molecule has 0 spiro atoms. The van der Waals surface area contributed by atoms with Gasteiger partial charge in [-0.15, -0.1) is 0 Å². The van der Waals surface area contributed by atoms with E-state index in [4.69, 9.17) is 9.52 Å². The van der Waals surface area contributed by atoms with Crippen LogP contribution in [0.2, 0.25) is 0 Å². The van der Waals surface area contributed by atoms with Crippen molar-refractivity contribution in [2.24, 2.45) is 0 Å². The van der Waals surface area contributed by atoms with Crippen molar-refractivity contribution >= 4 is 17.7 Å². The van der Waals surface area contributed by atoms with E-state index in [9.17, 15) is 4.79 Å². The highest BCUT2D eigenvalue weighted by atomic mass is 32.2. The van der Waals surface area contributed by atoms with Gasteiger partial charge in [-0.1, -0.05) is 0 Å². The van der Waals surface area contributed by atoms with E-state index in [1.54, 1.807) is 6.26 Å². The normalized spacial score (nSPS) is 26.4. The molecule has 1 aliphatic rings. The van der Waals surface area contributed by atoms with Crippen LogP contribution in [0, 0.1) is 0 Å². The van der Waals surface area contributed by atoms with E-state index < -0.39 is 5.97 Å². The molecule has 0 saturated carbocycles. The van der Waals surface area contributed by atoms with Crippen LogP contribution < -0.4 is 0 Å². The summed E-state index contributed by atoms with van der Waals surface area (Å²) in [6.07, 6.45) is 3.78. The number of hydrogen-bond donors (Lipinski definition) is 1. The van der Waals surface area contributed by atoms with Gasteiger partial charge in [-0.05, 0) is 30.7 Å². The Kier molecular flexibility index (Phi) is 3.05. The number of thioether (sulfide) groups is 1. The summed E-state index contributed by atoms with van der Waals surface area (Å²) in [5, 5.41) is 8.98. The summed E-state index contributed by atoms with van der Waals surface area (Å²) in [7, 11) is 0. The van der Waals surface area contributed by atoms with Gasteiger partial charge in [0.2, 0.25) is 0 Å². The second-order valence-electron chi connectivity index (χ2n) is 3.98. The standard InChI is InChI=1S/C11H14O3S/c12-10(13)7-11(4-2-6-15-8-11)9-3-1-5-14-9/h1,3,5H,2,4,6-8H2,(H,12,13). The van der Waals surface area contributed by atoms with Crippen LogP contribution in [0.25, 0.3) is 0 Å². The van der Waals surface area contributed by atoms with Gasteiger partial charge in [-0.25, -0.2) is 0 Å². The van der Waals surface area contributed by atoms with Gasteiger partial charge < -0.3 is 9.52 Å². The topological polar surface area (TPSA) is 50.4 Å². The van der Waals surface area contributed by atoms with E-state index in [0.29, 0.717) is 0 Å². The minimum absolute atomic E-state index is 0.174. The minimum Gasteiger partial charge on any atom is -0.481 e. The molecule has 3 nitrogen and oxygen atoms in total. The Labute approximate surface area is 92.9 Å². The van der Waals surface area contributed by atoms with Crippen LogP contribution in [0.1, 0.15) is 25.0 Å². The second kappa shape index (κ2) is 4.31. The monoisotopic (exact) mass is 226 g/mol. The highest BCUT2D eigenvalue weighted by Gasteiger charge is 2.38. The molecule has 1 aromatic rings. The molecule has 0 amide bonds. The third kappa shape index (κ3) is 2.20. The van der Waals surface area contributed by atoms with Crippen LogP contribution in [-0.2, 0) is 10.2 Å². The largest absolute Gasteiger partial charge is 0.481 e. The zero-order valence-electron chi connectivity index (χ0n) is 8.44. The van der Waals surface area contributed by atoms with Crippen molar-refractivity contribution in [2.75, 3.05) is 11.5 Å². The molecule has 0 aliphatic carbocycles. The van der Waals surface area contributed by atoms with Crippen molar-refractivity contribution in [3.8, 4) is 0 Å². The lowest BCUT2D eigenvalue weighted by Crippen LogP contribution is -2.34. The molecule has 82 valence electrons. The van der Waals surface area contributed by atoms with Crippen LogP contribution in [0.5, 0.6) is 0 Å². The molecule has 1 N–H and O–H groups in total. The Morgan fingerprint density at radius 1 is 1.67 bits per heavy atom. The summed E-state index contributed by atoms with van der Waals surface area (Å²) in [4.78, 5) is 10.9. The first-order chi connectivity index (χ1) is 7.23. The van der Waals surface area contributed by atoms with E-state index in [-0.39, 0.29) is 11.8 Å². The van der Waals surface area contributed by atoms with Gasteiger partial charge in [0.05, 0.1) is 12.7 Å². The zero-order valence-corrected chi connectivity index (χ0v) is 9.26. The van der Waals surface area contributed by atoms with Gasteiger partial charge >= 0.3 is 5.97 Å². The summed E-state index contributed by atoms with van der Waals surface area (Å²) in [5.74, 6) is 2.07. The average Bonchev–Trinajstić information content (AvgIpc) is 2.71. The number of rotatable bonds is 3. The fourth-order valence-corrected chi connectivity index (χ4v) is 3.42. The minimum atomic E-state index is -0.742. The lowest BCUT2D eigenvalue weighted by atomic mass is 9.79. The summed E-state index contributed by atoms with van der Waals surface area (Å²) in [6.45, 7) is 0. The highest BCUT2D eigenvalue weighted by Crippen LogP contribution is 2.40. The highest BCUT2D eigenvalue weighted by molar-refractivity contribution is 7.99. The number of carboxylic acid groups (broad SMARTS) is 1. The summed E-state index contributed by atoms with van der Waals surface area (Å²) >= 11 is 1.82. The SMILES string of the molecule is O=C(O)CC1(c2ccco2)CCCSC1. The Balaban J connectivity index is 2.25. The third-order valence-electron chi connectivity index (χ3n) is 2.86. The van der Waals surface area contributed by atoms with Gasteiger partial charge in [0, 0.05) is 11.2 Å². The number of furan rings is 1. The van der Waals surface area contributed by atoms with Crippen molar-refractivity contribution in [1.29, 1.82) is 0 Å². The zero-order chi connectivity index (χ0) is 10.7. The van der Waals surface area contributed by atoms with E-state index in [1.807, 2.05) is 23.9 Å². The first kappa shape index (κ1) is 10.6. The van der Waals surface area contributed by atoms with Crippen molar-refractivity contribution < 1.29 is 14.3 Å².